The van der Waals surface area contributed by atoms with E-state index in [0.717, 1.165) is 11.3 Å². The monoisotopic (exact) mass is 355 g/mol. The SMILES string of the molecule is COCC(NC(=O)Nc1n[nH]c(Cc2ccccc2)n1)c1ccnn1C. The summed E-state index contributed by atoms with van der Waals surface area (Å²) in [5, 5.41) is 16.4. The molecular weight excluding hydrogens is 334 g/mol. The number of methoxy groups -OCH3 is 1. The molecule has 0 saturated heterocycles. The predicted octanol–water partition coefficient (Wildman–Crippen LogP) is 1.64. The van der Waals surface area contributed by atoms with Gasteiger partial charge in [0.1, 0.15) is 5.82 Å². The van der Waals surface area contributed by atoms with Crippen LogP contribution < -0.4 is 10.6 Å². The smallest absolute Gasteiger partial charge is 0.322 e. The van der Waals surface area contributed by atoms with Crippen LogP contribution in [0.25, 0.3) is 0 Å². The summed E-state index contributed by atoms with van der Waals surface area (Å²) in [6.07, 6.45) is 2.28. The third-order valence-electron chi connectivity index (χ3n) is 3.83. The molecule has 0 bridgehead atoms. The van der Waals surface area contributed by atoms with Gasteiger partial charge in [-0.1, -0.05) is 30.3 Å². The van der Waals surface area contributed by atoms with Crippen molar-refractivity contribution < 1.29 is 9.53 Å². The molecule has 0 aliphatic rings. The summed E-state index contributed by atoms with van der Waals surface area (Å²) in [5.41, 5.74) is 1.94. The van der Waals surface area contributed by atoms with Crippen molar-refractivity contribution in [3.8, 4) is 0 Å². The number of carbonyl (C=O) groups is 1. The van der Waals surface area contributed by atoms with Crippen molar-refractivity contribution in [2.24, 2.45) is 7.05 Å². The van der Waals surface area contributed by atoms with Gasteiger partial charge in [0.25, 0.3) is 0 Å². The molecule has 2 aromatic heterocycles. The average molecular weight is 355 g/mol. The molecule has 0 spiro atoms. The van der Waals surface area contributed by atoms with E-state index in [1.165, 1.54) is 0 Å². The first kappa shape index (κ1) is 17.6. The molecule has 2 amide bonds. The van der Waals surface area contributed by atoms with Gasteiger partial charge in [-0.15, -0.1) is 5.10 Å². The Hall–Kier alpha value is -3.20. The standard InChI is InChI=1S/C17H21N7O2/c1-24-14(8-9-18-24)13(11-26-2)19-17(25)21-16-20-15(22-23-16)10-12-6-4-3-5-7-12/h3-9,13H,10-11H2,1-2H3,(H3,19,20,21,22,23,25). The van der Waals surface area contributed by atoms with Crippen LogP contribution >= 0.6 is 0 Å². The number of ether oxygens (including phenoxy) is 1. The Bertz CT molecular complexity index is 844. The fourth-order valence-corrected chi connectivity index (χ4v) is 2.61. The second kappa shape index (κ2) is 8.26. The number of hydrogen-bond acceptors (Lipinski definition) is 5. The first-order valence-electron chi connectivity index (χ1n) is 8.15. The molecule has 2 heterocycles. The number of anilines is 1. The zero-order valence-corrected chi connectivity index (χ0v) is 14.6. The molecular formula is C17H21N7O2. The third-order valence-corrected chi connectivity index (χ3v) is 3.83. The highest BCUT2D eigenvalue weighted by molar-refractivity contribution is 5.87. The van der Waals surface area contributed by atoms with E-state index in [0.29, 0.717) is 18.9 Å². The maximum Gasteiger partial charge on any atom is 0.322 e. The van der Waals surface area contributed by atoms with E-state index in [1.807, 2.05) is 43.4 Å². The number of nitrogens with zero attached hydrogens (tertiary/aromatic N) is 4. The number of benzene rings is 1. The minimum absolute atomic E-state index is 0.217. The van der Waals surface area contributed by atoms with Gasteiger partial charge in [-0.2, -0.15) is 10.1 Å². The first-order valence-corrected chi connectivity index (χ1v) is 8.15. The number of rotatable bonds is 7. The van der Waals surface area contributed by atoms with Crippen molar-refractivity contribution >= 4 is 12.0 Å². The van der Waals surface area contributed by atoms with Gasteiger partial charge in [-0.3, -0.25) is 15.1 Å². The summed E-state index contributed by atoms with van der Waals surface area (Å²) in [5.74, 6) is 0.890. The first-order chi connectivity index (χ1) is 12.7. The maximum atomic E-state index is 12.3. The quantitative estimate of drug-likeness (QED) is 0.597. The second-order valence-electron chi connectivity index (χ2n) is 5.75. The lowest BCUT2D eigenvalue weighted by atomic mass is 10.1. The highest BCUT2D eigenvalue weighted by atomic mass is 16.5. The molecule has 26 heavy (non-hydrogen) atoms. The summed E-state index contributed by atoms with van der Waals surface area (Å²) in [4.78, 5) is 16.6. The number of nitrogens with one attached hydrogen (secondary N) is 3. The Labute approximate surface area is 150 Å². The number of aryl methyl sites for hydroxylation is 1. The molecule has 1 atom stereocenters. The molecule has 0 fully saturated rings. The predicted molar refractivity (Wildman–Crippen MR) is 95.6 cm³/mol. The lowest BCUT2D eigenvalue weighted by molar-refractivity contribution is 0.165. The molecule has 1 aromatic carbocycles. The Morgan fingerprint density at radius 2 is 2.12 bits per heavy atom. The highest BCUT2D eigenvalue weighted by Crippen LogP contribution is 2.12. The lowest BCUT2D eigenvalue weighted by Gasteiger charge is -2.17. The van der Waals surface area contributed by atoms with Crippen LogP contribution in [-0.4, -0.2) is 44.7 Å². The van der Waals surface area contributed by atoms with Crippen molar-refractivity contribution in [3.05, 3.63) is 59.7 Å². The van der Waals surface area contributed by atoms with E-state index in [-0.39, 0.29) is 12.0 Å². The van der Waals surface area contributed by atoms with Crippen LogP contribution in [-0.2, 0) is 18.2 Å². The number of aromatic amines is 1. The Morgan fingerprint density at radius 1 is 1.31 bits per heavy atom. The van der Waals surface area contributed by atoms with Crippen molar-refractivity contribution in [1.82, 2.24) is 30.3 Å². The van der Waals surface area contributed by atoms with E-state index in [9.17, 15) is 4.79 Å². The van der Waals surface area contributed by atoms with Crippen molar-refractivity contribution in [2.75, 3.05) is 19.0 Å². The molecule has 9 heteroatoms. The minimum atomic E-state index is -0.418. The van der Waals surface area contributed by atoms with E-state index in [2.05, 4.69) is 30.9 Å². The summed E-state index contributed by atoms with van der Waals surface area (Å²) < 4.78 is 6.87. The Balaban J connectivity index is 1.60. The van der Waals surface area contributed by atoms with Gasteiger partial charge >= 0.3 is 6.03 Å². The topological polar surface area (TPSA) is 110 Å². The number of urea groups is 1. The van der Waals surface area contributed by atoms with Crippen LogP contribution in [0.3, 0.4) is 0 Å². The molecule has 0 aliphatic carbocycles. The normalized spacial score (nSPS) is 11.9. The molecule has 0 aliphatic heterocycles. The van der Waals surface area contributed by atoms with E-state index < -0.39 is 6.03 Å². The van der Waals surface area contributed by atoms with E-state index in [4.69, 9.17) is 4.74 Å². The van der Waals surface area contributed by atoms with Crippen molar-refractivity contribution in [2.45, 2.75) is 12.5 Å². The Kier molecular flexibility index (Phi) is 5.59. The van der Waals surface area contributed by atoms with Crippen LogP contribution in [0.5, 0.6) is 0 Å². The van der Waals surface area contributed by atoms with Crippen LogP contribution in [0.15, 0.2) is 42.6 Å². The molecule has 1 unspecified atom stereocenters. The number of hydrogen-bond donors (Lipinski definition) is 3. The average Bonchev–Trinajstić information content (AvgIpc) is 3.24. The summed E-state index contributed by atoms with van der Waals surface area (Å²) in [6.45, 7) is 0.320. The largest absolute Gasteiger partial charge is 0.382 e. The van der Waals surface area contributed by atoms with E-state index in [1.54, 1.807) is 18.0 Å². The molecule has 3 rings (SSSR count). The number of carbonyl (C=O) groups excluding carboxylic acids is 1. The Morgan fingerprint density at radius 3 is 2.81 bits per heavy atom. The minimum Gasteiger partial charge on any atom is -0.382 e. The van der Waals surface area contributed by atoms with Crippen LogP contribution in [0.2, 0.25) is 0 Å². The fraction of sp³-hybridized carbons (Fsp3) is 0.294. The zero-order chi connectivity index (χ0) is 18.4. The van der Waals surface area contributed by atoms with Gasteiger partial charge in [-0.25, -0.2) is 4.79 Å². The molecule has 3 aromatic rings. The molecule has 3 N–H and O–H groups in total. The summed E-state index contributed by atoms with van der Waals surface area (Å²) in [6, 6.07) is 11.0. The molecule has 136 valence electrons. The summed E-state index contributed by atoms with van der Waals surface area (Å²) >= 11 is 0. The lowest BCUT2D eigenvalue weighted by Crippen LogP contribution is -2.36. The molecule has 9 nitrogen and oxygen atoms in total. The van der Waals surface area contributed by atoms with Gasteiger partial charge in [0.15, 0.2) is 0 Å². The van der Waals surface area contributed by atoms with E-state index >= 15 is 0 Å². The van der Waals surface area contributed by atoms with Crippen molar-refractivity contribution in [1.29, 1.82) is 0 Å². The second-order valence-corrected chi connectivity index (χ2v) is 5.75. The highest BCUT2D eigenvalue weighted by Gasteiger charge is 2.18. The van der Waals surface area contributed by atoms with Crippen molar-refractivity contribution in [3.63, 3.8) is 0 Å². The number of aromatic nitrogens is 5. The van der Waals surface area contributed by atoms with Crippen LogP contribution in [0, 0.1) is 0 Å². The molecule has 0 saturated carbocycles. The zero-order valence-electron chi connectivity index (χ0n) is 14.6. The van der Waals surface area contributed by atoms with Gasteiger partial charge in [0, 0.05) is 26.8 Å². The van der Waals surface area contributed by atoms with Gasteiger partial charge in [-0.05, 0) is 11.6 Å². The molecule has 0 radical (unpaired) electrons. The van der Waals surface area contributed by atoms with Crippen LogP contribution in [0.1, 0.15) is 23.1 Å². The number of amides is 2. The summed E-state index contributed by atoms with van der Waals surface area (Å²) in [7, 11) is 3.39. The fourth-order valence-electron chi connectivity index (χ4n) is 2.61. The van der Waals surface area contributed by atoms with Gasteiger partial charge in [0.2, 0.25) is 5.95 Å². The third kappa shape index (κ3) is 4.45. The van der Waals surface area contributed by atoms with Gasteiger partial charge < -0.3 is 10.1 Å². The number of H-pyrrole nitrogens is 1. The van der Waals surface area contributed by atoms with Gasteiger partial charge in [0.05, 0.1) is 18.3 Å². The maximum absolute atomic E-state index is 12.3. The van der Waals surface area contributed by atoms with Crippen LogP contribution in [0.4, 0.5) is 10.7 Å².